The molecule has 1 aromatic carbocycles. The van der Waals surface area contributed by atoms with Crippen LogP contribution in [0, 0.1) is 5.92 Å². The molecule has 0 aliphatic heterocycles. The summed E-state index contributed by atoms with van der Waals surface area (Å²) < 4.78 is 14.8. The molecule has 0 aliphatic rings. The average molecular weight is 662 g/mol. The summed E-state index contributed by atoms with van der Waals surface area (Å²) in [4.78, 5) is 64.1. The molecule has 3 N–H and O–H groups in total. The van der Waals surface area contributed by atoms with Crippen molar-refractivity contribution < 1.29 is 48.4 Å². The summed E-state index contributed by atoms with van der Waals surface area (Å²) in [5.74, 6) is -5.12. The normalized spacial score (nSPS) is 13.9. The second kappa shape index (κ2) is 22.7. The minimum absolute atomic E-state index is 0.0115. The maximum Gasteiger partial charge on any atom is 0.340 e. The van der Waals surface area contributed by atoms with Gasteiger partial charge in [-0.05, 0) is 57.2 Å². The van der Waals surface area contributed by atoms with Crippen LogP contribution in [0.25, 0.3) is 0 Å². The Morgan fingerprint density at radius 1 is 0.872 bits per heavy atom. The maximum atomic E-state index is 13.8. The van der Waals surface area contributed by atoms with E-state index in [9.17, 15) is 34.2 Å². The molecule has 1 rings (SSSR count). The Morgan fingerprint density at radius 2 is 1.47 bits per heavy atom. The minimum Gasteiger partial charge on any atom is -0.508 e. The highest BCUT2D eigenvalue weighted by molar-refractivity contribution is 5.95. The van der Waals surface area contributed by atoms with Gasteiger partial charge in [-0.15, -0.1) is 0 Å². The van der Waals surface area contributed by atoms with Crippen LogP contribution in [0.4, 0.5) is 0 Å². The number of ketones is 1. The van der Waals surface area contributed by atoms with E-state index < -0.39 is 53.9 Å². The van der Waals surface area contributed by atoms with E-state index in [1.165, 1.54) is 37.5 Å². The fourth-order valence-electron chi connectivity index (χ4n) is 5.07. The van der Waals surface area contributed by atoms with Crippen molar-refractivity contribution in [3.63, 3.8) is 0 Å². The maximum absolute atomic E-state index is 13.8. The summed E-state index contributed by atoms with van der Waals surface area (Å²) in [7, 11) is 2.25. The third kappa shape index (κ3) is 16.1. The molecule has 47 heavy (non-hydrogen) atoms. The van der Waals surface area contributed by atoms with Crippen molar-refractivity contribution in [2.75, 3.05) is 14.2 Å². The van der Waals surface area contributed by atoms with E-state index in [4.69, 9.17) is 14.2 Å². The lowest BCUT2D eigenvalue weighted by molar-refractivity contribution is -0.181. The first-order valence-electron chi connectivity index (χ1n) is 16.7. The third-order valence-electron chi connectivity index (χ3n) is 7.78. The molecule has 0 aliphatic carbocycles. The summed E-state index contributed by atoms with van der Waals surface area (Å²) >= 11 is 0. The van der Waals surface area contributed by atoms with Crippen LogP contribution in [0.2, 0.25) is 0 Å². The molecular formula is C36H55NO10. The lowest BCUT2D eigenvalue weighted by atomic mass is 9.82. The fourth-order valence-corrected chi connectivity index (χ4v) is 5.07. The number of amides is 1. The molecule has 1 aromatic rings. The van der Waals surface area contributed by atoms with Crippen molar-refractivity contribution in [1.82, 2.24) is 5.32 Å². The number of aliphatic hydroxyl groups is 1. The Kier molecular flexibility index (Phi) is 20.0. The van der Waals surface area contributed by atoms with Crippen molar-refractivity contribution in [2.24, 2.45) is 5.92 Å². The molecule has 0 aromatic heterocycles. The van der Waals surface area contributed by atoms with Gasteiger partial charge in [0.25, 0.3) is 0 Å². The summed E-state index contributed by atoms with van der Waals surface area (Å²) in [5.41, 5.74) is -2.04. The quantitative estimate of drug-likeness (QED) is 0.0574. The van der Waals surface area contributed by atoms with Gasteiger partial charge in [0, 0.05) is 19.3 Å². The van der Waals surface area contributed by atoms with Crippen LogP contribution in [-0.2, 0) is 44.6 Å². The number of unbranched alkanes of at least 4 members (excludes halogenated alkanes) is 8. The number of esters is 3. The van der Waals surface area contributed by atoms with Crippen molar-refractivity contribution in [1.29, 1.82) is 0 Å². The van der Waals surface area contributed by atoms with Crippen molar-refractivity contribution in [3.05, 3.63) is 42.0 Å². The van der Waals surface area contributed by atoms with Crippen LogP contribution in [0.15, 0.2) is 36.4 Å². The molecule has 0 spiro atoms. The number of methoxy groups -OCH3 is 2. The van der Waals surface area contributed by atoms with Gasteiger partial charge in [-0.1, -0.05) is 69.7 Å². The van der Waals surface area contributed by atoms with Gasteiger partial charge in [0.1, 0.15) is 17.6 Å². The molecule has 0 heterocycles. The molecule has 11 nitrogen and oxygen atoms in total. The molecule has 0 fully saturated rings. The molecule has 1 amide bonds. The van der Waals surface area contributed by atoms with Gasteiger partial charge in [-0.2, -0.15) is 0 Å². The monoisotopic (exact) mass is 661 g/mol. The Hall–Kier alpha value is -3.73. The van der Waals surface area contributed by atoms with Crippen LogP contribution in [-0.4, -0.2) is 71.8 Å². The number of carbonyl (C=O) groups is 5. The number of hydrogen-bond donors (Lipinski definition) is 3. The number of rotatable bonds is 24. The second-order valence-electron chi connectivity index (χ2n) is 12.1. The Bertz CT molecular complexity index is 1150. The van der Waals surface area contributed by atoms with E-state index >= 15 is 0 Å². The standard InChI is InChI=1S/C36H55NO10/c1-6-7-8-11-14-17-28(38)18-15-12-9-10-13-16-19-30(36(44,25-32(40)45-4)35(43)47-26(2)3)33(41)37-31(34(42)46-5)24-27-20-22-29(39)23-21-27/h16,19-23,26,30-31,39,44H,6-15,17-18,24-25H2,1-5H3,(H,37,41)/b19-16+/t30-,31+,36+/m1/s1. The molecular weight excluding hydrogens is 606 g/mol. The lowest BCUT2D eigenvalue weighted by Crippen LogP contribution is -2.56. The summed E-state index contributed by atoms with van der Waals surface area (Å²) in [5, 5.41) is 23.8. The van der Waals surface area contributed by atoms with E-state index in [1.807, 2.05) is 0 Å². The van der Waals surface area contributed by atoms with Crippen LogP contribution < -0.4 is 5.32 Å². The molecule has 0 bridgehead atoms. The number of nitrogens with one attached hydrogen (secondary N) is 1. The number of phenolic OH excluding ortho intramolecular Hbond substituents is 1. The number of carbonyl (C=O) groups excluding carboxylic acids is 5. The Labute approximate surface area is 279 Å². The van der Waals surface area contributed by atoms with E-state index in [1.54, 1.807) is 32.1 Å². The van der Waals surface area contributed by atoms with Crippen molar-refractivity contribution in [3.8, 4) is 5.75 Å². The molecule has 0 unspecified atom stereocenters. The number of ether oxygens (including phenoxy) is 3. The lowest BCUT2D eigenvalue weighted by Gasteiger charge is -2.32. The first kappa shape index (κ1) is 41.3. The number of allylic oxidation sites excluding steroid dienone is 1. The summed E-state index contributed by atoms with van der Waals surface area (Å²) in [6.45, 7) is 5.29. The molecule has 3 atom stereocenters. The first-order chi connectivity index (χ1) is 22.4. The average Bonchev–Trinajstić information content (AvgIpc) is 3.03. The summed E-state index contributed by atoms with van der Waals surface area (Å²) in [6.07, 6.45) is 12.0. The highest BCUT2D eigenvalue weighted by Crippen LogP contribution is 2.28. The van der Waals surface area contributed by atoms with Gasteiger partial charge in [0.05, 0.1) is 32.7 Å². The number of phenols is 1. The topological polar surface area (TPSA) is 166 Å². The van der Waals surface area contributed by atoms with Crippen molar-refractivity contribution >= 4 is 29.6 Å². The van der Waals surface area contributed by atoms with Crippen LogP contribution in [0.3, 0.4) is 0 Å². The Morgan fingerprint density at radius 3 is 2.02 bits per heavy atom. The number of hydrogen-bond acceptors (Lipinski definition) is 10. The van der Waals surface area contributed by atoms with Crippen LogP contribution >= 0.6 is 0 Å². The van der Waals surface area contributed by atoms with E-state index in [0.717, 1.165) is 52.7 Å². The van der Waals surface area contributed by atoms with E-state index in [2.05, 4.69) is 12.2 Å². The molecule has 264 valence electrons. The van der Waals surface area contributed by atoms with E-state index in [0.29, 0.717) is 30.6 Å². The predicted molar refractivity (Wildman–Crippen MR) is 177 cm³/mol. The zero-order chi connectivity index (χ0) is 35.2. The van der Waals surface area contributed by atoms with Crippen LogP contribution in [0.5, 0.6) is 5.75 Å². The number of Topliss-reactive ketones (excluding diaryl/α,β-unsaturated/α-hetero) is 1. The first-order valence-corrected chi connectivity index (χ1v) is 16.7. The number of benzene rings is 1. The van der Waals surface area contributed by atoms with Crippen molar-refractivity contribution in [2.45, 2.75) is 128 Å². The third-order valence-corrected chi connectivity index (χ3v) is 7.78. The van der Waals surface area contributed by atoms with Gasteiger partial charge in [0.2, 0.25) is 5.91 Å². The van der Waals surface area contributed by atoms with E-state index in [-0.39, 0.29) is 12.2 Å². The zero-order valence-electron chi connectivity index (χ0n) is 28.8. The molecule has 0 saturated heterocycles. The second-order valence-corrected chi connectivity index (χ2v) is 12.1. The summed E-state index contributed by atoms with van der Waals surface area (Å²) in [6, 6.07) is 4.80. The van der Waals surface area contributed by atoms with Gasteiger partial charge >= 0.3 is 17.9 Å². The highest BCUT2D eigenvalue weighted by atomic mass is 16.6. The molecule has 0 radical (unpaired) electrons. The zero-order valence-corrected chi connectivity index (χ0v) is 28.8. The smallest absolute Gasteiger partial charge is 0.340 e. The Balaban J connectivity index is 3.04. The predicted octanol–water partition coefficient (Wildman–Crippen LogP) is 5.28. The minimum atomic E-state index is -2.64. The van der Waals surface area contributed by atoms with Gasteiger partial charge in [0.15, 0.2) is 5.60 Å². The fraction of sp³-hybridized carbons (Fsp3) is 0.639. The number of aromatic hydroxyl groups is 1. The highest BCUT2D eigenvalue weighted by Gasteiger charge is 2.50. The molecule has 0 saturated carbocycles. The molecule has 11 heteroatoms. The largest absolute Gasteiger partial charge is 0.508 e. The van der Waals surface area contributed by atoms with Gasteiger partial charge < -0.3 is 29.7 Å². The van der Waals surface area contributed by atoms with Crippen LogP contribution in [0.1, 0.15) is 110 Å². The van der Waals surface area contributed by atoms with Gasteiger partial charge in [-0.25, -0.2) is 9.59 Å². The SMILES string of the molecule is CCCCCCCC(=O)CCCCCC/C=C/[C@H](C(=O)N[C@@H](Cc1ccc(O)cc1)C(=O)OC)[C@@](O)(CC(=O)OC)C(=O)OC(C)C. The van der Waals surface area contributed by atoms with Gasteiger partial charge in [-0.3, -0.25) is 14.4 Å².